The molecule has 2 rings (SSSR count). The first kappa shape index (κ1) is 17.4. The first-order chi connectivity index (χ1) is 10.9. The number of carbonyl (C=O) groups excluding carboxylic acids is 1. The Labute approximate surface area is 143 Å². The van der Waals surface area contributed by atoms with Gasteiger partial charge in [0.05, 0.1) is 24.2 Å². The average molecular weight is 398 g/mol. The first-order valence-electron chi connectivity index (χ1n) is 6.76. The van der Waals surface area contributed by atoms with Crippen molar-refractivity contribution in [3.05, 3.63) is 58.8 Å². The third-order valence-electron chi connectivity index (χ3n) is 2.98. The van der Waals surface area contributed by atoms with Crippen LogP contribution in [0, 0.1) is 0 Å². The molecule has 23 heavy (non-hydrogen) atoms. The monoisotopic (exact) mass is 397 g/mol. The Bertz CT molecular complexity index is 782. The van der Waals surface area contributed by atoms with E-state index in [1.54, 1.807) is 42.6 Å². The lowest BCUT2D eigenvalue weighted by Crippen LogP contribution is -2.40. The zero-order valence-corrected chi connectivity index (χ0v) is 14.8. The summed E-state index contributed by atoms with van der Waals surface area (Å²) in [5, 5.41) is 2.67. The molecule has 8 heteroatoms. The fraction of sp³-hybridized carbons (Fsp3) is 0.200. The molecule has 0 radical (unpaired) electrons. The molecule has 0 unspecified atom stereocenters. The molecule has 1 heterocycles. The van der Waals surface area contributed by atoms with E-state index in [2.05, 4.69) is 26.2 Å². The van der Waals surface area contributed by atoms with Crippen molar-refractivity contribution in [1.29, 1.82) is 0 Å². The topological polar surface area (TPSA) is 79.4 Å². The van der Waals surface area contributed by atoms with Gasteiger partial charge in [0.15, 0.2) is 0 Å². The van der Waals surface area contributed by atoms with Crippen LogP contribution in [0.3, 0.4) is 0 Å². The van der Waals surface area contributed by atoms with E-state index in [9.17, 15) is 13.2 Å². The second kappa shape index (κ2) is 7.56. The SMILES string of the molecule is CS(=O)(=O)N(CC(=O)NCc1ccccn1)c1cccc(Br)c1. The van der Waals surface area contributed by atoms with Crippen LogP contribution in [0.2, 0.25) is 0 Å². The molecule has 2 aromatic rings. The smallest absolute Gasteiger partial charge is 0.241 e. The summed E-state index contributed by atoms with van der Waals surface area (Å²) in [6.07, 6.45) is 2.70. The van der Waals surface area contributed by atoms with E-state index in [-0.39, 0.29) is 13.1 Å². The molecule has 1 aromatic carbocycles. The summed E-state index contributed by atoms with van der Waals surface area (Å²) in [6.45, 7) is -0.0438. The van der Waals surface area contributed by atoms with Crippen molar-refractivity contribution in [2.24, 2.45) is 0 Å². The van der Waals surface area contributed by atoms with Crippen LogP contribution in [-0.4, -0.2) is 32.1 Å². The van der Waals surface area contributed by atoms with Gasteiger partial charge in [0.25, 0.3) is 0 Å². The van der Waals surface area contributed by atoms with E-state index >= 15 is 0 Å². The largest absolute Gasteiger partial charge is 0.349 e. The molecule has 0 bridgehead atoms. The summed E-state index contributed by atoms with van der Waals surface area (Å²) >= 11 is 3.29. The van der Waals surface area contributed by atoms with Gasteiger partial charge in [-0.15, -0.1) is 0 Å². The number of hydrogen-bond donors (Lipinski definition) is 1. The van der Waals surface area contributed by atoms with Crippen LogP contribution in [0.1, 0.15) is 5.69 Å². The van der Waals surface area contributed by atoms with Crippen LogP contribution in [0.5, 0.6) is 0 Å². The van der Waals surface area contributed by atoms with Crippen molar-refractivity contribution in [1.82, 2.24) is 10.3 Å². The van der Waals surface area contributed by atoms with E-state index in [0.717, 1.165) is 15.0 Å². The Morgan fingerprint density at radius 1 is 1.26 bits per heavy atom. The minimum atomic E-state index is -3.58. The molecule has 1 aromatic heterocycles. The highest BCUT2D eigenvalue weighted by atomic mass is 79.9. The molecule has 122 valence electrons. The Morgan fingerprint density at radius 2 is 2.04 bits per heavy atom. The van der Waals surface area contributed by atoms with Gasteiger partial charge in [-0.25, -0.2) is 8.42 Å². The van der Waals surface area contributed by atoms with Gasteiger partial charge in [-0.3, -0.25) is 14.1 Å². The number of carbonyl (C=O) groups is 1. The van der Waals surface area contributed by atoms with E-state index < -0.39 is 15.9 Å². The summed E-state index contributed by atoms with van der Waals surface area (Å²) in [6, 6.07) is 12.2. The van der Waals surface area contributed by atoms with Crippen LogP contribution >= 0.6 is 15.9 Å². The number of benzene rings is 1. The molecule has 0 spiro atoms. The lowest BCUT2D eigenvalue weighted by molar-refractivity contribution is -0.119. The molecule has 0 aliphatic rings. The maximum Gasteiger partial charge on any atom is 0.241 e. The Hall–Kier alpha value is -1.93. The highest BCUT2D eigenvalue weighted by molar-refractivity contribution is 9.10. The summed E-state index contributed by atoms with van der Waals surface area (Å²) in [5.74, 6) is -0.402. The molecular formula is C15H16BrN3O3S. The van der Waals surface area contributed by atoms with Crippen LogP contribution in [0.15, 0.2) is 53.1 Å². The lowest BCUT2D eigenvalue weighted by atomic mass is 10.3. The van der Waals surface area contributed by atoms with Crippen LogP contribution in [0.25, 0.3) is 0 Å². The highest BCUT2D eigenvalue weighted by Crippen LogP contribution is 2.21. The molecule has 0 aliphatic heterocycles. The van der Waals surface area contributed by atoms with Gasteiger partial charge in [-0.05, 0) is 30.3 Å². The van der Waals surface area contributed by atoms with Crippen molar-refractivity contribution in [3.8, 4) is 0 Å². The molecule has 0 aliphatic carbocycles. The van der Waals surface area contributed by atoms with Crippen molar-refractivity contribution in [2.75, 3.05) is 17.1 Å². The summed E-state index contributed by atoms with van der Waals surface area (Å²) < 4.78 is 25.7. The number of anilines is 1. The Balaban J connectivity index is 2.08. The van der Waals surface area contributed by atoms with Gasteiger partial charge in [-0.1, -0.05) is 28.1 Å². The first-order valence-corrected chi connectivity index (χ1v) is 9.40. The predicted molar refractivity (Wildman–Crippen MR) is 92.4 cm³/mol. The molecule has 1 amide bonds. The number of nitrogens with zero attached hydrogens (tertiary/aromatic N) is 2. The average Bonchev–Trinajstić information content (AvgIpc) is 2.50. The summed E-state index contributed by atoms with van der Waals surface area (Å²) in [7, 11) is -3.58. The van der Waals surface area contributed by atoms with Crippen LogP contribution < -0.4 is 9.62 Å². The fourth-order valence-corrected chi connectivity index (χ4v) is 3.14. The second-order valence-corrected chi connectivity index (χ2v) is 7.67. The van der Waals surface area contributed by atoms with Crippen molar-refractivity contribution in [3.63, 3.8) is 0 Å². The van der Waals surface area contributed by atoms with Gasteiger partial charge < -0.3 is 5.32 Å². The van der Waals surface area contributed by atoms with Gasteiger partial charge in [-0.2, -0.15) is 0 Å². The zero-order valence-electron chi connectivity index (χ0n) is 12.4. The summed E-state index contributed by atoms with van der Waals surface area (Å²) in [4.78, 5) is 16.2. The molecule has 0 atom stereocenters. The van der Waals surface area contributed by atoms with Gasteiger partial charge in [0, 0.05) is 10.7 Å². The molecule has 6 nitrogen and oxygen atoms in total. The number of sulfonamides is 1. The van der Waals surface area contributed by atoms with Crippen LogP contribution in [0.4, 0.5) is 5.69 Å². The third-order valence-corrected chi connectivity index (χ3v) is 4.61. The molecule has 1 N–H and O–H groups in total. The minimum absolute atomic E-state index is 0.246. The number of nitrogens with one attached hydrogen (secondary N) is 1. The number of aromatic nitrogens is 1. The number of pyridine rings is 1. The Morgan fingerprint density at radius 3 is 2.65 bits per heavy atom. The van der Waals surface area contributed by atoms with Crippen molar-refractivity contribution in [2.45, 2.75) is 6.54 Å². The number of rotatable bonds is 6. The molecule has 0 saturated carbocycles. The van der Waals surface area contributed by atoms with E-state index in [1.165, 1.54) is 0 Å². The number of hydrogen-bond acceptors (Lipinski definition) is 4. The van der Waals surface area contributed by atoms with Gasteiger partial charge in [0.1, 0.15) is 6.54 Å². The Kier molecular flexibility index (Phi) is 5.73. The van der Waals surface area contributed by atoms with Crippen LogP contribution in [-0.2, 0) is 21.4 Å². The predicted octanol–water partition coefficient (Wildman–Crippen LogP) is 1.93. The summed E-state index contributed by atoms with van der Waals surface area (Å²) in [5.41, 5.74) is 1.13. The molecular weight excluding hydrogens is 382 g/mol. The number of amides is 1. The standard InChI is InChI=1S/C15H16BrN3O3S/c1-23(21,22)19(14-7-4-5-12(16)9-14)11-15(20)18-10-13-6-2-3-8-17-13/h2-9H,10-11H2,1H3,(H,18,20). The quantitative estimate of drug-likeness (QED) is 0.807. The molecule has 0 fully saturated rings. The van der Waals surface area contributed by atoms with Gasteiger partial charge >= 0.3 is 0 Å². The van der Waals surface area contributed by atoms with Gasteiger partial charge in [0.2, 0.25) is 15.9 Å². The van der Waals surface area contributed by atoms with E-state index in [0.29, 0.717) is 11.4 Å². The maximum absolute atomic E-state index is 12.1. The van der Waals surface area contributed by atoms with E-state index in [4.69, 9.17) is 0 Å². The zero-order chi connectivity index (χ0) is 16.9. The normalized spacial score (nSPS) is 11.0. The fourth-order valence-electron chi connectivity index (χ4n) is 1.91. The molecule has 0 saturated heterocycles. The van der Waals surface area contributed by atoms with E-state index in [1.807, 2.05) is 6.07 Å². The van der Waals surface area contributed by atoms with Crippen molar-refractivity contribution < 1.29 is 13.2 Å². The maximum atomic E-state index is 12.1. The van der Waals surface area contributed by atoms with Crippen molar-refractivity contribution >= 4 is 37.5 Å². The number of halogens is 1. The highest BCUT2D eigenvalue weighted by Gasteiger charge is 2.20. The minimum Gasteiger partial charge on any atom is -0.349 e. The second-order valence-electron chi connectivity index (χ2n) is 4.85. The third kappa shape index (κ3) is 5.33. The lowest BCUT2D eigenvalue weighted by Gasteiger charge is -2.22.